The van der Waals surface area contributed by atoms with Gasteiger partial charge in [0, 0.05) is 12.8 Å². The van der Waals surface area contributed by atoms with E-state index in [2.05, 4.69) is 4.98 Å². The predicted molar refractivity (Wildman–Crippen MR) is 59.6 cm³/mol. The third kappa shape index (κ3) is 5.08. The van der Waals surface area contributed by atoms with E-state index < -0.39 is 12.4 Å². The van der Waals surface area contributed by atoms with E-state index in [9.17, 15) is 12.9 Å². The van der Waals surface area contributed by atoms with Crippen LogP contribution in [-0.2, 0) is 4.74 Å². The minimum Gasteiger partial charge on any atom is -0.490 e. The van der Waals surface area contributed by atoms with Gasteiger partial charge in [-0.15, -0.1) is 0 Å². The molecule has 1 heterocycles. The molecule has 0 aliphatic heterocycles. The summed E-state index contributed by atoms with van der Waals surface area (Å²) < 4.78 is 47.4. The zero-order chi connectivity index (χ0) is 12.7. The van der Waals surface area contributed by atoms with Crippen LogP contribution in [0, 0.1) is 0 Å². The van der Waals surface area contributed by atoms with Gasteiger partial charge < -0.3 is 22.4 Å². The Morgan fingerprint density at radius 3 is 2.59 bits per heavy atom. The number of pyridine rings is 1. The summed E-state index contributed by atoms with van der Waals surface area (Å²) in [7, 11) is 0. The SMILES string of the molecule is CCCOCCOc1cncc([B-](F)(F)F)c1. The first-order valence-corrected chi connectivity index (χ1v) is 5.39. The Bertz CT molecular complexity index is 347. The Morgan fingerprint density at radius 1 is 1.18 bits per heavy atom. The molecule has 1 aromatic rings. The number of aromatic nitrogens is 1. The van der Waals surface area contributed by atoms with Crippen molar-refractivity contribution in [3.63, 3.8) is 0 Å². The van der Waals surface area contributed by atoms with Crippen LogP contribution in [0.5, 0.6) is 5.75 Å². The van der Waals surface area contributed by atoms with Crippen LogP contribution in [-0.4, -0.2) is 31.8 Å². The smallest absolute Gasteiger partial charge is 0.490 e. The van der Waals surface area contributed by atoms with Gasteiger partial charge in [-0.05, 0) is 12.5 Å². The van der Waals surface area contributed by atoms with E-state index in [0.29, 0.717) is 13.2 Å². The normalized spacial score (nSPS) is 11.5. The summed E-state index contributed by atoms with van der Waals surface area (Å²) in [5.41, 5.74) is -0.753. The van der Waals surface area contributed by atoms with E-state index in [4.69, 9.17) is 9.47 Å². The molecule has 0 saturated carbocycles. The van der Waals surface area contributed by atoms with Crippen molar-refractivity contribution in [1.82, 2.24) is 4.98 Å². The zero-order valence-electron chi connectivity index (χ0n) is 9.54. The summed E-state index contributed by atoms with van der Waals surface area (Å²) in [4.78, 5) is 3.50. The van der Waals surface area contributed by atoms with Crippen LogP contribution in [0.1, 0.15) is 13.3 Å². The van der Waals surface area contributed by atoms with Gasteiger partial charge in [0.2, 0.25) is 0 Å². The quantitative estimate of drug-likeness (QED) is 0.545. The molecular formula is C10H14BF3NO2-. The summed E-state index contributed by atoms with van der Waals surface area (Å²) in [5.74, 6) is 0.113. The molecule has 0 unspecified atom stereocenters. The van der Waals surface area contributed by atoms with Gasteiger partial charge >= 0.3 is 6.98 Å². The van der Waals surface area contributed by atoms with Crippen LogP contribution >= 0.6 is 0 Å². The molecular weight excluding hydrogens is 234 g/mol. The molecule has 3 nitrogen and oxygen atoms in total. The summed E-state index contributed by atoms with van der Waals surface area (Å²) in [6.07, 6.45) is 2.94. The lowest BCUT2D eigenvalue weighted by Gasteiger charge is -2.15. The van der Waals surface area contributed by atoms with Gasteiger partial charge in [-0.3, -0.25) is 4.98 Å². The summed E-state index contributed by atoms with van der Waals surface area (Å²) in [6.45, 7) is -1.86. The second kappa shape index (κ2) is 6.49. The van der Waals surface area contributed by atoms with Crippen LogP contribution in [0.25, 0.3) is 0 Å². The molecule has 0 spiro atoms. The maximum atomic E-state index is 12.4. The molecule has 0 aliphatic carbocycles. The maximum absolute atomic E-state index is 12.4. The van der Waals surface area contributed by atoms with Crippen molar-refractivity contribution in [2.75, 3.05) is 19.8 Å². The fourth-order valence-electron chi connectivity index (χ4n) is 1.16. The zero-order valence-corrected chi connectivity index (χ0v) is 9.54. The number of ether oxygens (including phenoxy) is 2. The lowest BCUT2D eigenvalue weighted by Crippen LogP contribution is -2.34. The van der Waals surface area contributed by atoms with Gasteiger partial charge in [0.1, 0.15) is 12.4 Å². The van der Waals surface area contributed by atoms with Gasteiger partial charge in [0.15, 0.2) is 0 Å². The van der Waals surface area contributed by atoms with E-state index in [-0.39, 0.29) is 12.4 Å². The van der Waals surface area contributed by atoms with Crippen LogP contribution in [0.4, 0.5) is 12.9 Å². The van der Waals surface area contributed by atoms with E-state index in [1.165, 1.54) is 6.20 Å². The van der Waals surface area contributed by atoms with Crippen LogP contribution in [0.3, 0.4) is 0 Å². The first-order valence-electron chi connectivity index (χ1n) is 5.39. The average Bonchev–Trinajstić information content (AvgIpc) is 2.28. The summed E-state index contributed by atoms with van der Waals surface area (Å²) in [6, 6.07) is 0.951. The molecule has 96 valence electrons. The van der Waals surface area contributed by atoms with E-state index in [1.807, 2.05) is 6.92 Å². The minimum absolute atomic E-state index is 0.113. The summed E-state index contributed by atoms with van der Waals surface area (Å²) in [5, 5.41) is 0. The van der Waals surface area contributed by atoms with E-state index in [0.717, 1.165) is 18.7 Å². The molecule has 0 atom stereocenters. The largest absolute Gasteiger partial charge is 0.511 e. The monoisotopic (exact) mass is 248 g/mol. The number of halogens is 3. The highest BCUT2D eigenvalue weighted by molar-refractivity contribution is 6.73. The van der Waals surface area contributed by atoms with Crippen LogP contribution in [0.2, 0.25) is 0 Å². The second-order valence-electron chi connectivity index (χ2n) is 3.49. The van der Waals surface area contributed by atoms with Crippen molar-refractivity contribution in [2.24, 2.45) is 0 Å². The molecule has 0 fully saturated rings. The van der Waals surface area contributed by atoms with Crippen LogP contribution in [0.15, 0.2) is 18.5 Å². The van der Waals surface area contributed by atoms with Gasteiger partial charge in [0.05, 0.1) is 12.8 Å². The number of hydrogen-bond acceptors (Lipinski definition) is 3. The predicted octanol–water partition coefficient (Wildman–Crippen LogP) is 1.94. The van der Waals surface area contributed by atoms with Crippen molar-refractivity contribution < 1.29 is 22.4 Å². The third-order valence-corrected chi connectivity index (χ3v) is 1.96. The van der Waals surface area contributed by atoms with Crippen molar-refractivity contribution in [2.45, 2.75) is 13.3 Å². The Hall–Kier alpha value is -1.24. The molecule has 1 aromatic heterocycles. The molecule has 0 bridgehead atoms. The highest BCUT2D eigenvalue weighted by atomic mass is 19.4. The molecule has 0 aromatic carbocycles. The molecule has 0 aliphatic rings. The fourth-order valence-corrected chi connectivity index (χ4v) is 1.16. The molecule has 0 saturated heterocycles. The van der Waals surface area contributed by atoms with Gasteiger partial charge in [-0.25, -0.2) is 0 Å². The molecule has 0 N–H and O–H groups in total. The van der Waals surface area contributed by atoms with Crippen molar-refractivity contribution >= 4 is 12.4 Å². The topological polar surface area (TPSA) is 31.4 Å². The van der Waals surface area contributed by atoms with Gasteiger partial charge in [0.25, 0.3) is 0 Å². The number of nitrogens with zero attached hydrogens (tertiary/aromatic N) is 1. The van der Waals surface area contributed by atoms with Crippen molar-refractivity contribution in [3.8, 4) is 5.75 Å². The fraction of sp³-hybridized carbons (Fsp3) is 0.500. The van der Waals surface area contributed by atoms with Gasteiger partial charge in [-0.2, -0.15) is 0 Å². The first kappa shape index (κ1) is 13.8. The molecule has 0 radical (unpaired) electrons. The van der Waals surface area contributed by atoms with Crippen molar-refractivity contribution in [1.29, 1.82) is 0 Å². The Labute approximate surface area is 98.0 Å². The van der Waals surface area contributed by atoms with E-state index >= 15 is 0 Å². The standard InChI is InChI=1S/C10H14BF3NO2/c1-2-3-16-4-5-17-10-6-9(7-15-8-10)11(12,13)14/h6-8H,2-5H2,1H3/q-1. The Balaban J connectivity index is 2.44. The summed E-state index contributed by atoms with van der Waals surface area (Å²) >= 11 is 0. The lowest BCUT2D eigenvalue weighted by atomic mass is 9.81. The average molecular weight is 248 g/mol. The molecule has 17 heavy (non-hydrogen) atoms. The van der Waals surface area contributed by atoms with Crippen molar-refractivity contribution in [3.05, 3.63) is 18.5 Å². The number of hydrogen-bond donors (Lipinski definition) is 0. The Kier molecular flexibility index (Phi) is 5.28. The molecule has 0 amide bonds. The van der Waals surface area contributed by atoms with Gasteiger partial charge in [-0.1, -0.05) is 12.4 Å². The third-order valence-electron chi connectivity index (χ3n) is 1.96. The molecule has 1 rings (SSSR count). The second-order valence-corrected chi connectivity index (χ2v) is 3.49. The highest BCUT2D eigenvalue weighted by Gasteiger charge is 2.26. The lowest BCUT2D eigenvalue weighted by molar-refractivity contribution is 0.100. The highest BCUT2D eigenvalue weighted by Crippen LogP contribution is 2.12. The first-order chi connectivity index (χ1) is 8.04. The minimum atomic E-state index is -5.03. The van der Waals surface area contributed by atoms with E-state index in [1.54, 1.807) is 0 Å². The molecule has 7 heteroatoms. The Morgan fingerprint density at radius 2 is 1.94 bits per heavy atom. The van der Waals surface area contributed by atoms with Crippen LogP contribution < -0.4 is 10.2 Å². The maximum Gasteiger partial charge on any atom is 0.511 e. The number of rotatable bonds is 7.